The van der Waals surface area contributed by atoms with Gasteiger partial charge in [-0.25, -0.2) is 21.1 Å². The Morgan fingerprint density at radius 3 is 2.39 bits per heavy atom. The summed E-state index contributed by atoms with van der Waals surface area (Å²) in [6.07, 6.45) is 0. The number of ether oxygens (including phenoxy) is 1. The van der Waals surface area contributed by atoms with Gasteiger partial charge in [-0.3, -0.25) is 14.3 Å². The van der Waals surface area contributed by atoms with E-state index in [9.17, 15) is 26.4 Å². The fourth-order valence-corrected chi connectivity index (χ4v) is 6.62. The van der Waals surface area contributed by atoms with Crippen LogP contribution >= 0.6 is 0 Å². The Labute approximate surface area is 180 Å². The zero-order valence-corrected chi connectivity index (χ0v) is 18.6. The third-order valence-electron chi connectivity index (χ3n) is 4.69. The predicted molar refractivity (Wildman–Crippen MR) is 114 cm³/mol. The number of primary amides is 1. The number of nitrogens with two attached hydrogens (primary N) is 1. The minimum absolute atomic E-state index is 0.0553. The van der Waals surface area contributed by atoms with Gasteiger partial charge in [0.15, 0.2) is 0 Å². The standard InChI is InChI=1S/C19H21N3O7S2/c1-19(2)11-30(25,26)22(18(19)24)12-8-9-15(29-3)16(10-12)31(27,28)21-14-7-5-4-6-13(14)17(20)23/h4-10,21H,11H2,1-3H3,(H2,20,23). The van der Waals surface area contributed by atoms with Gasteiger partial charge in [0.05, 0.1) is 35.2 Å². The minimum atomic E-state index is -4.36. The zero-order chi connectivity index (χ0) is 23.2. The number of carbonyl (C=O) groups excluding carboxylic acids is 2. The summed E-state index contributed by atoms with van der Waals surface area (Å²) >= 11 is 0. The Hall–Kier alpha value is -3.12. The molecule has 166 valence electrons. The van der Waals surface area contributed by atoms with Crippen LogP contribution in [0.1, 0.15) is 24.2 Å². The molecule has 0 aromatic heterocycles. The number of para-hydroxylation sites is 1. The molecule has 0 spiro atoms. The topological polar surface area (TPSA) is 153 Å². The van der Waals surface area contributed by atoms with Crippen LogP contribution < -0.4 is 19.5 Å². The van der Waals surface area contributed by atoms with Crippen LogP contribution in [0.25, 0.3) is 0 Å². The van der Waals surface area contributed by atoms with Crippen molar-refractivity contribution in [2.45, 2.75) is 18.7 Å². The van der Waals surface area contributed by atoms with E-state index in [1.807, 2.05) is 0 Å². The molecule has 2 amide bonds. The molecule has 0 radical (unpaired) electrons. The van der Waals surface area contributed by atoms with Crippen molar-refractivity contribution in [3.63, 3.8) is 0 Å². The molecule has 1 heterocycles. The Balaban J connectivity index is 2.12. The van der Waals surface area contributed by atoms with Crippen molar-refractivity contribution in [3.05, 3.63) is 48.0 Å². The average molecular weight is 468 g/mol. The van der Waals surface area contributed by atoms with E-state index in [2.05, 4.69) is 4.72 Å². The van der Waals surface area contributed by atoms with E-state index >= 15 is 0 Å². The van der Waals surface area contributed by atoms with E-state index in [0.29, 0.717) is 4.31 Å². The first kappa shape index (κ1) is 22.6. The van der Waals surface area contributed by atoms with Crippen LogP contribution in [0.3, 0.4) is 0 Å². The van der Waals surface area contributed by atoms with Gasteiger partial charge in [0.1, 0.15) is 10.6 Å². The van der Waals surface area contributed by atoms with E-state index in [0.717, 1.165) is 6.07 Å². The van der Waals surface area contributed by atoms with Crippen LogP contribution in [0, 0.1) is 5.41 Å². The van der Waals surface area contributed by atoms with Gasteiger partial charge in [-0.05, 0) is 44.2 Å². The molecule has 1 saturated heterocycles. The molecule has 1 fully saturated rings. The van der Waals surface area contributed by atoms with Crippen LogP contribution in [0.5, 0.6) is 5.75 Å². The van der Waals surface area contributed by atoms with Gasteiger partial charge >= 0.3 is 0 Å². The van der Waals surface area contributed by atoms with Gasteiger partial charge in [0.25, 0.3) is 15.9 Å². The molecule has 3 N–H and O–H groups in total. The summed E-state index contributed by atoms with van der Waals surface area (Å²) in [6.45, 7) is 2.99. The first-order chi connectivity index (χ1) is 14.3. The number of hydrogen-bond donors (Lipinski definition) is 2. The number of benzene rings is 2. The van der Waals surface area contributed by atoms with Crippen molar-refractivity contribution in [2.75, 3.05) is 21.9 Å². The highest BCUT2D eigenvalue weighted by Crippen LogP contribution is 2.38. The Bertz CT molecular complexity index is 1290. The average Bonchev–Trinajstić information content (AvgIpc) is 2.83. The summed E-state index contributed by atoms with van der Waals surface area (Å²) < 4.78 is 59.3. The van der Waals surface area contributed by atoms with E-state index in [1.54, 1.807) is 0 Å². The maximum absolute atomic E-state index is 13.1. The monoisotopic (exact) mass is 467 g/mol. The first-order valence-electron chi connectivity index (χ1n) is 8.97. The molecule has 0 bridgehead atoms. The number of methoxy groups -OCH3 is 1. The van der Waals surface area contributed by atoms with Gasteiger partial charge in [-0.2, -0.15) is 0 Å². The Kier molecular flexibility index (Phi) is 5.48. The van der Waals surface area contributed by atoms with Gasteiger partial charge < -0.3 is 10.5 Å². The van der Waals surface area contributed by atoms with Gasteiger partial charge in [-0.15, -0.1) is 0 Å². The number of nitrogens with one attached hydrogen (secondary N) is 1. The molecule has 2 aromatic carbocycles. The molecular weight excluding hydrogens is 446 g/mol. The molecule has 3 rings (SSSR count). The number of nitrogens with zero attached hydrogens (tertiary/aromatic N) is 1. The largest absolute Gasteiger partial charge is 0.495 e. The second kappa shape index (κ2) is 7.54. The molecule has 0 saturated carbocycles. The molecule has 1 aliphatic heterocycles. The maximum atomic E-state index is 13.1. The highest BCUT2D eigenvalue weighted by molar-refractivity contribution is 7.94. The van der Waals surface area contributed by atoms with E-state index < -0.39 is 47.9 Å². The molecule has 0 unspecified atom stereocenters. The fraction of sp³-hybridized carbons (Fsp3) is 0.263. The lowest BCUT2D eigenvalue weighted by Gasteiger charge is -2.20. The van der Waals surface area contributed by atoms with Gasteiger partial charge in [-0.1, -0.05) is 12.1 Å². The van der Waals surface area contributed by atoms with Crippen molar-refractivity contribution in [3.8, 4) is 5.75 Å². The van der Waals surface area contributed by atoms with Gasteiger partial charge in [0, 0.05) is 0 Å². The number of amides is 2. The lowest BCUT2D eigenvalue weighted by Crippen LogP contribution is -2.33. The second-order valence-electron chi connectivity index (χ2n) is 7.56. The van der Waals surface area contributed by atoms with Crippen LogP contribution in [-0.4, -0.2) is 41.5 Å². The third-order valence-corrected chi connectivity index (χ3v) is 8.10. The van der Waals surface area contributed by atoms with Crippen LogP contribution in [-0.2, 0) is 24.8 Å². The lowest BCUT2D eigenvalue weighted by atomic mass is 9.95. The van der Waals surface area contributed by atoms with Crippen molar-refractivity contribution in [1.29, 1.82) is 0 Å². The SMILES string of the molecule is COc1ccc(N2C(=O)C(C)(C)CS2(=O)=O)cc1S(=O)(=O)Nc1ccccc1C(N)=O. The zero-order valence-electron chi connectivity index (χ0n) is 16.9. The Morgan fingerprint density at radius 1 is 1.19 bits per heavy atom. The van der Waals surface area contributed by atoms with E-state index in [-0.39, 0.29) is 22.7 Å². The Morgan fingerprint density at radius 2 is 1.84 bits per heavy atom. The predicted octanol–water partition coefficient (Wildman–Crippen LogP) is 1.30. The number of sulfonamides is 2. The number of hydrogen-bond acceptors (Lipinski definition) is 7. The van der Waals surface area contributed by atoms with E-state index in [4.69, 9.17) is 10.5 Å². The van der Waals surface area contributed by atoms with Crippen molar-refractivity contribution >= 4 is 43.2 Å². The van der Waals surface area contributed by atoms with Crippen molar-refractivity contribution < 1.29 is 31.2 Å². The highest BCUT2D eigenvalue weighted by atomic mass is 32.2. The van der Waals surface area contributed by atoms with Crippen LogP contribution in [0.2, 0.25) is 0 Å². The first-order valence-corrected chi connectivity index (χ1v) is 12.1. The van der Waals surface area contributed by atoms with Gasteiger partial charge in [0.2, 0.25) is 15.9 Å². The number of carbonyl (C=O) groups is 2. The third kappa shape index (κ3) is 4.08. The lowest BCUT2D eigenvalue weighted by molar-refractivity contribution is -0.123. The molecule has 1 aliphatic rings. The summed E-state index contributed by atoms with van der Waals surface area (Å²) in [4.78, 5) is 23.9. The fourth-order valence-electron chi connectivity index (χ4n) is 3.25. The molecule has 0 atom stereocenters. The molecule has 0 aliphatic carbocycles. The quantitative estimate of drug-likeness (QED) is 0.649. The molecule has 31 heavy (non-hydrogen) atoms. The summed E-state index contributed by atoms with van der Waals surface area (Å²) in [6, 6.07) is 9.30. The molecule has 10 nitrogen and oxygen atoms in total. The van der Waals surface area contributed by atoms with Crippen molar-refractivity contribution in [1.82, 2.24) is 0 Å². The van der Waals surface area contributed by atoms with E-state index in [1.165, 1.54) is 57.4 Å². The summed E-state index contributed by atoms with van der Waals surface area (Å²) in [7, 11) is -7.11. The highest BCUT2D eigenvalue weighted by Gasteiger charge is 2.50. The molecular formula is C19H21N3O7S2. The maximum Gasteiger partial charge on any atom is 0.265 e. The molecule has 12 heteroatoms. The van der Waals surface area contributed by atoms with Crippen LogP contribution in [0.15, 0.2) is 47.4 Å². The summed E-state index contributed by atoms with van der Waals surface area (Å²) in [5.74, 6) is -2.00. The summed E-state index contributed by atoms with van der Waals surface area (Å²) in [5, 5.41) is 0. The second-order valence-corrected chi connectivity index (χ2v) is 11.0. The van der Waals surface area contributed by atoms with Crippen LogP contribution in [0.4, 0.5) is 11.4 Å². The van der Waals surface area contributed by atoms with Crippen molar-refractivity contribution in [2.24, 2.45) is 11.1 Å². The number of anilines is 2. The minimum Gasteiger partial charge on any atom is -0.495 e. The number of rotatable bonds is 6. The summed E-state index contributed by atoms with van der Waals surface area (Å²) in [5.41, 5.74) is 3.88. The smallest absolute Gasteiger partial charge is 0.265 e. The molecule has 2 aromatic rings. The normalized spacial score (nSPS) is 17.4.